The number of aliphatic hydroxyl groups is 2. The molecule has 4 rings (SSSR count). The average molecular weight is 528 g/mol. The minimum absolute atomic E-state index is 0.0429. The number of halogens is 1. The lowest BCUT2D eigenvalue weighted by molar-refractivity contribution is -0.143. The van der Waals surface area contributed by atoms with Gasteiger partial charge in [-0.15, -0.1) is 0 Å². The van der Waals surface area contributed by atoms with Gasteiger partial charge >= 0.3 is 0 Å². The Kier molecular flexibility index (Phi) is 9.42. The first-order valence-corrected chi connectivity index (χ1v) is 14.4. The third-order valence-electron chi connectivity index (χ3n) is 8.79. The van der Waals surface area contributed by atoms with Gasteiger partial charge < -0.3 is 15.3 Å². The second kappa shape index (κ2) is 12.6. The normalized spacial score (nSPS) is 25.8. The molecule has 1 aromatic rings. The average Bonchev–Trinajstić information content (AvgIpc) is 3.17. The molecule has 0 unspecified atom stereocenters. The van der Waals surface area contributed by atoms with Crippen molar-refractivity contribution in [1.82, 2.24) is 4.90 Å². The molecule has 1 aromatic carbocycles. The summed E-state index contributed by atoms with van der Waals surface area (Å²) in [5, 5.41) is 31.4. The molecule has 38 heavy (non-hydrogen) atoms. The number of carbonyl (C=O) groups excluding carboxylic acids is 2. The van der Waals surface area contributed by atoms with Crippen LogP contribution < -0.4 is 0 Å². The van der Waals surface area contributed by atoms with Gasteiger partial charge in [0.15, 0.2) is 11.6 Å². The van der Waals surface area contributed by atoms with E-state index in [4.69, 9.17) is 0 Å². The Balaban J connectivity index is 1.54. The van der Waals surface area contributed by atoms with E-state index in [0.717, 1.165) is 61.7 Å². The van der Waals surface area contributed by atoms with E-state index in [1.165, 1.54) is 17.0 Å². The lowest BCUT2D eigenvalue weighted by Crippen LogP contribution is -2.42. The van der Waals surface area contributed by atoms with Gasteiger partial charge in [0.25, 0.3) is 0 Å². The van der Waals surface area contributed by atoms with E-state index in [-0.39, 0.29) is 30.2 Å². The fraction of sp³-hybridized carbons (Fsp3) is 0.613. The highest BCUT2D eigenvalue weighted by atomic mass is 19.1. The van der Waals surface area contributed by atoms with Gasteiger partial charge in [0.1, 0.15) is 0 Å². The maximum absolute atomic E-state index is 13.8. The van der Waals surface area contributed by atoms with Gasteiger partial charge in [0.2, 0.25) is 11.8 Å². The van der Waals surface area contributed by atoms with E-state index >= 15 is 0 Å². The number of allylic oxidation sites excluding steroid dienone is 2. The van der Waals surface area contributed by atoms with Crippen molar-refractivity contribution < 1.29 is 29.3 Å². The Bertz CT molecular complexity index is 1090. The van der Waals surface area contributed by atoms with E-state index in [0.29, 0.717) is 31.2 Å². The first kappa shape index (κ1) is 28.5. The number of aliphatic hydroxyl groups excluding tert-OH is 2. The molecule has 3 N–H and O–H groups in total. The van der Waals surface area contributed by atoms with Gasteiger partial charge in [-0.2, -0.15) is 0 Å². The molecule has 0 aromatic heterocycles. The third-order valence-corrected chi connectivity index (χ3v) is 8.79. The minimum atomic E-state index is -0.841. The van der Waals surface area contributed by atoms with Crippen LogP contribution in [-0.4, -0.2) is 50.8 Å². The van der Waals surface area contributed by atoms with Crippen molar-refractivity contribution in [3.8, 4) is 5.75 Å². The SMILES string of the molecule is CCC/C(=C\c1ccc(O)c(F)c1)CC[C@@H](O)C1=C(CC)C[C@H]2C(=O)N(C3CCCCC3)C(=O)[C@H]2[C@H]1CO. The number of aromatic hydroxyl groups is 1. The molecule has 0 radical (unpaired) electrons. The first-order valence-electron chi connectivity index (χ1n) is 14.4. The number of nitrogens with zero attached hydrogens (tertiary/aromatic N) is 1. The Hall–Kier alpha value is -2.51. The van der Waals surface area contributed by atoms with Crippen LogP contribution in [0.5, 0.6) is 5.75 Å². The van der Waals surface area contributed by atoms with Crippen LogP contribution in [0, 0.1) is 23.6 Å². The van der Waals surface area contributed by atoms with Crippen LogP contribution >= 0.6 is 0 Å². The third kappa shape index (κ3) is 5.74. The number of phenols is 1. The zero-order chi connectivity index (χ0) is 27.4. The molecular formula is C31H42FNO5. The number of amides is 2. The largest absolute Gasteiger partial charge is 0.505 e. The monoisotopic (exact) mass is 527 g/mol. The quantitative estimate of drug-likeness (QED) is 0.275. The van der Waals surface area contributed by atoms with E-state index in [9.17, 15) is 29.3 Å². The summed E-state index contributed by atoms with van der Waals surface area (Å²) >= 11 is 0. The zero-order valence-corrected chi connectivity index (χ0v) is 22.7. The minimum Gasteiger partial charge on any atom is -0.505 e. The maximum atomic E-state index is 13.8. The summed E-state index contributed by atoms with van der Waals surface area (Å²) < 4.78 is 13.8. The summed E-state index contributed by atoms with van der Waals surface area (Å²) in [7, 11) is 0. The Morgan fingerprint density at radius 2 is 1.87 bits per heavy atom. The number of hydrogen-bond acceptors (Lipinski definition) is 5. The van der Waals surface area contributed by atoms with Crippen molar-refractivity contribution >= 4 is 17.9 Å². The highest BCUT2D eigenvalue weighted by Gasteiger charge is 2.56. The Morgan fingerprint density at radius 3 is 2.50 bits per heavy atom. The van der Waals surface area contributed by atoms with Crippen molar-refractivity contribution in [2.45, 2.75) is 96.6 Å². The summed E-state index contributed by atoms with van der Waals surface area (Å²) in [5.74, 6) is -2.96. The van der Waals surface area contributed by atoms with Crippen LogP contribution in [0.15, 0.2) is 34.9 Å². The molecule has 208 valence electrons. The summed E-state index contributed by atoms with van der Waals surface area (Å²) in [6.07, 6.45) is 9.70. The van der Waals surface area contributed by atoms with E-state index in [1.54, 1.807) is 6.07 Å². The summed E-state index contributed by atoms with van der Waals surface area (Å²) in [6, 6.07) is 4.24. The second-order valence-corrected chi connectivity index (χ2v) is 11.2. The molecule has 1 aliphatic heterocycles. The smallest absolute Gasteiger partial charge is 0.234 e. The van der Waals surface area contributed by atoms with Crippen LogP contribution in [0.2, 0.25) is 0 Å². The second-order valence-electron chi connectivity index (χ2n) is 11.2. The van der Waals surface area contributed by atoms with Gasteiger partial charge in [0.05, 0.1) is 24.5 Å². The fourth-order valence-electron chi connectivity index (χ4n) is 6.94. The maximum Gasteiger partial charge on any atom is 0.234 e. The van der Waals surface area contributed by atoms with Crippen molar-refractivity contribution in [2.24, 2.45) is 17.8 Å². The molecule has 7 heteroatoms. The number of rotatable bonds is 10. The number of fused-ring (bicyclic) bond motifs is 1. The van der Waals surface area contributed by atoms with Crippen LogP contribution in [0.3, 0.4) is 0 Å². The number of likely N-dealkylation sites (tertiary alicyclic amines) is 1. The lowest BCUT2D eigenvalue weighted by Gasteiger charge is -2.36. The predicted octanol–water partition coefficient (Wildman–Crippen LogP) is 5.51. The van der Waals surface area contributed by atoms with Gasteiger partial charge in [0, 0.05) is 12.0 Å². The first-order chi connectivity index (χ1) is 18.3. The van der Waals surface area contributed by atoms with Gasteiger partial charge in [-0.25, -0.2) is 4.39 Å². The van der Waals surface area contributed by atoms with Crippen LogP contribution in [-0.2, 0) is 9.59 Å². The topological polar surface area (TPSA) is 98.1 Å². The molecule has 0 bridgehead atoms. The van der Waals surface area contributed by atoms with Gasteiger partial charge in [-0.3, -0.25) is 14.5 Å². The van der Waals surface area contributed by atoms with Gasteiger partial charge in [-0.1, -0.05) is 62.8 Å². The predicted molar refractivity (Wildman–Crippen MR) is 144 cm³/mol. The van der Waals surface area contributed by atoms with Crippen molar-refractivity contribution in [2.75, 3.05) is 6.61 Å². The molecular weight excluding hydrogens is 485 g/mol. The molecule has 0 spiro atoms. The molecule has 2 amide bonds. The van der Waals surface area contributed by atoms with E-state index in [1.807, 2.05) is 13.0 Å². The highest BCUT2D eigenvalue weighted by Crippen LogP contribution is 2.48. The van der Waals surface area contributed by atoms with Crippen LogP contribution in [0.1, 0.15) is 90.0 Å². The number of phenolic OH excluding ortho intramolecular Hbond substituents is 1. The molecule has 3 aliphatic rings. The molecule has 2 fully saturated rings. The summed E-state index contributed by atoms with van der Waals surface area (Å²) in [6.45, 7) is 3.78. The molecule has 1 saturated carbocycles. The lowest BCUT2D eigenvalue weighted by atomic mass is 9.67. The van der Waals surface area contributed by atoms with Crippen LogP contribution in [0.4, 0.5) is 4.39 Å². The molecule has 1 heterocycles. The molecule has 6 nitrogen and oxygen atoms in total. The molecule has 4 atom stereocenters. The summed E-state index contributed by atoms with van der Waals surface area (Å²) in [5.41, 5.74) is 3.42. The highest BCUT2D eigenvalue weighted by molar-refractivity contribution is 6.06. The molecule has 2 aliphatic carbocycles. The Morgan fingerprint density at radius 1 is 1.13 bits per heavy atom. The molecule has 1 saturated heterocycles. The number of imide groups is 1. The number of benzene rings is 1. The van der Waals surface area contributed by atoms with Crippen molar-refractivity contribution in [3.05, 3.63) is 46.3 Å². The van der Waals surface area contributed by atoms with E-state index in [2.05, 4.69) is 6.92 Å². The fourth-order valence-corrected chi connectivity index (χ4v) is 6.94. The Labute approximate surface area is 225 Å². The standard InChI is InChI=1S/C31H42FNO5/c1-3-8-19(15-20-12-13-26(35)25(32)16-20)11-14-27(36)28-21(4-2)17-23-29(24(28)18-34)31(38)33(30(23)37)22-9-6-5-7-10-22/h12-13,15-16,22-24,27,29,34-36H,3-11,14,17-18H2,1-2H3/b19-15+/t23-,24+,27-,29-/m1/s1. The number of hydrogen-bond donors (Lipinski definition) is 3. The number of carbonyl (C=O) groups is 2. The van der Waals surface area contributed by atoms with Crippen LogP contribution in [0.25, 0.3) is 6.08 Å². The van der Waals surface area contributed by atoms with Gasteiger partial charge in [-0.05, 0) is 68.2 Å². The van der Waals surface area contributed by atoms with Crippen molar-refractivity contribution in [3.63, 3.8) is 0 Å². The zero-order valence-electron chi connectivity index (χ0n) is 22.7. The van der Waals surface area contributed by atoms with E-state index < -0.39 is 29.7 Å². The van der Waals surface area contributed by atoms with Crippen molar-refractivity contribution in [1.29, 1.82) is 0 Å². The summed E-state index contributed by atoms with van der Waals surface area (Å²) in [4.78, 5) is 28.6.